The van der Waals surface area contributed by atoms with Gasteiger partial charge in [-0.15, -0.1) is 0 Å². The molecule has 0 spiro atoms. The predicted molar refractivity (Wildman–Crippen MR) is 57.9 cm³/mol. The largest absolute Gasteiger partial charge is 0.465 e. The van der Waals surface area contributed by atoms with Crippen LogP contribution in [0.5, 0.6) is 0 Å². The monoisotopic (exact) mass is 243 g/mol. The fraction of sp³-hybridized carbons (Fsp3) is 0.818. The standard InChI is InChI=1S/C11H17NO5/c1-11(6-17-11)9(13)8(12-10(14)15)4-7-2-3-16-5-7/h7-8,12H,2-6H2,1H3,(H,14,15)/t7-,8-,11-/m0/s1. The Morgan fingerprint density at radius 2 is 2.29 bits per heavy atom. The van der Waals surface area contributed by atoms with Crippen LogP contribution in [0.4, 0.5) is 4.79 Å². The molecule has 0 saturated carbocycles. The van der Waals surface area contributed by atoms with Gasteiger partial charge in [-0.05, 0) is 25.7 Å². The molecule has 0 radical (unpaired) electrons. The molecule has 0 bridgehead atoms. The van der Waals surface area contributed by atoms with Crippen LogP contribution in [0.2, 0.25) is 0 Å². The molecule has 17 heavy (non-hydrogen) atoms. The topological polar surface area (TPSA) is 88.2 Å². The molecule has 2 aliphatic rings. The summed E-state index contributed by atoms with van der Waals surface area (Å²) in [5, 5.41) is 11.0. The Kier molecular flexibility index (Phi) is 3.35. The predicted octanol–water partition coefficient (Wildman–Crippen LogP) is 0.407. The smallest absolute Gasteiger partial charge is 0.405 e. The van der Waals surface area contributed by atoms with Crippen molar-refractivity contribution >= 4 is 11.9 Å². The fourth-order valence-corrected chi connectivity index (χ4v) is 2.10. The van der Waals surface area contributed by atoms with E-state index in [0.717, 1.165) is 6.42 Å². The number of nitrogens with one attached hydrogen (secondary N) is 1. The number of hydrogen-bond donors (Lipinski definition) is 2. The molecule has 0 aromatic rings. The molecule has 2 N–H and O–H groups in total. The molecular formula is C11H17NO5. The normalized spacial score (nSPS) is 33.1. The summed E-state index contributed by atoms with van der Waals surface area (Å²) in [5.74, 6) is 0.0740. The van der Waals surface area contributed by atoms with Crippen LogP contribution in [-0.4, -0.2) is 48.4 Å². The minimum absolute atomic E-state index is 0.174. The van der Waals surface area contributed by atoms with E-state index in [1.54, 1.807) is 6.92 Å². The zero-order valence-corrected chi connectivity index (χ0v) is 9.77. The molecular weight excluding hydrogens is 226 g/mol. The van der Waals surface area contributed by atoms with E-state index in [1.165, 1.54) is 0 Å². The van der Waals surface area contributed by atoms with Gasteiger partial charge in [0.25, 0.3) is 0 Å². The number of rotatable bonds is 5. The van der Waals surface area contributed by atoms with E-state index in [-0.39, 0.29) is 11.7 Å². The second kappa shape index (κ2) is 4.62. The van der Waals surface area contributed by atoms with Gasteiger partial charge < -0.3 is 19.9 Å². The maximum absolute atomic E-state index is 12.1. The van der Waals surface area contributed by atoms with Gasteiger partial charge in [-0.1, -0.05) is 0 Å². The summed E-state index contributed by atoms with van der Waals surface area (Å²) in [7, 11) is 0. The quantitative estimate of drug-likeness (QED) is 0.683. The second-order valence-electron chi connectivity index (χ2n) is 4.85. The van der Waals surface area contributed by atoms with E-state index in [0.29, 0.717) is 26.2 Å². The summed E-state index contributed by atoms with van der Waals surface area (Å²) >= 11 is 0. The summed E-state index contributed by atoms with van der Waals surface area (Å²) < 4.78 is 10.3. The van der Waals surface area contributed by atoms with Crippen LogP contribution < -0.4 is 5.32 Å². The minimum atomic E-state index is -1.17. The molecule has 2 saturated heterocycles. The van der Waals surface area contributed by atoms with E-state index in [9.17, 15) is 9.59 Å². The van der Waals surface area contributed by atoms with Crippen molar-refractivity contribution < 1.29 is 24.2 Å². The number of ketones is 1. The number of hydrogen-bond acceptors (Lipinski definition) is 4. The average Bonchev–Trinajstić information content (AvgIpc) is 2.80. The first-order valence-corrected chi connectivity index (χ1v) is 5.77. The van der Waals surface area contributed by atoms with Crippen LogP contribution in [0.1, 0.15) is 19.8 Å². The van der Waals surface area contributed by atoms with Crippen molar-refractivity contribution in [3.63, 3.8) is 0 Å². The zero-order valence-electron chi connectivity index (χ0n) is 9.77. The minimum Gasteiger partial charge on any atom is -0.465 e. The summed E-state index contributed by atoms with van der Waals surface area (Å²) in [6, 6.07) is -0.688. The third-order valence-electron chi connectivity index (χ3n) is 3.31. The van der Waals surface area contributed by atoms with Crippen LogP contribution in [0.15, 0.2) is 0 Å². The van der Waals surface area contributed by atoms with Gasteiger partial charge in [-0.2, -0.15) is 0 Å². The Labute approximate surface area is 99.3 Å². The van der Waals surface area contributed by atoms with Gasteiger partial charge in [-0.3, -0.25) is 4.79 Å². The second-order valence-corrected chi connectivity index (χ2v) is 4.85. The average molecular weight is 243 g/mol. The van der Waals surface area contributed by atoms with E-state index in [2.05, 4.69) is 5.32 Å². The van der Waals surface area contributed by atoms with Crippen molar-refractivity contribution in [3.05, 3.63) is 0 Å². The number of epoxide rings is 1. The SMILES string of the molecule is C[C@@]1(C(=O)[C@H](C[C@@H]2CCOC2)NC(=O)O)CO1. The van der Waals surface area contributed by atoms with Crippen molar-refractivity contribution in [1.29, 1.82) is 0 Å². The van der Waals surface area contributed by atoms with E-state index in [1.807, 2.05) is 0 Å². The third-order valence-corrected chi connectivity index (χ3v) is 3.31. The number of carboxylic acid groups (broad SMARTS) is 1. The fourth-order valence-electron chi connectivity index (χ4n) is 2.10. The highest BCUT2D eigenvalue weighted by molar-refractivity contribution is 5.95. The molecule has 0 aromatic carbocycles. The maximum Gasteiger partial charge on any atom is 0.405 e. The molecule has 6 nitrogen and oxygen atoms in total. The van der Waals surface area contributed by atoms with Crippen molar-refractivity contribution in [2.24, 2.45) is 5.92 Å². The van der Waals surface area contributed by atoms with E-state index < -0.39 is 17.7 Å². The highest BCUT2D eigenvalue weighted by Gasteiger charge is 2.50. The van der Waals surface area contributed by atoms with Gasteiger partial charge in [0.05, 0.1) is 12.6 Å². The Balaban J connectivity index is 1.96. The Hall–Kier alpha value is -1.14. The molecule has 0 aliphatic carbocycles. The van der Waals surface area contributed by atoms with Gasteiger partial charge in [-0.25, -0.2) is 4.79 Å². The van der Waals surface area contributed by atoms with Crippen molar-refractivity contribution in [2.75, 3.05) is 19.8 Å². The molecule has 3 atom stereocenters. The first-order chi connectivity index (χ1) is 8.01. The van der Waals surface area contributed by atoms with Gasteiger partial charge in [0.15, 0.2) is 5.78 Å². The summed E-state index contributed by atoms with van der Waals surface area (Å²) in [6.07, 6.45) is 0.193. The van der Waals surface area contributed by atoms with Gasteiger partial charge >= 0.3 is 6.09 Å². The number of Topliss-reactive ketones (excluding diaryl/α,β-unsaturated/α-hetero) is 1. The number of carbonyl (C=O) groups is 2. The lowest BCUT2D eigenvalue weighted by molar-refractivity contribution is -0.125. The van der Waals surface area contributed by atoms with Crippen molar-refractivity contribution in [3.8, 4) is 0 Å². The van der Waals surface area contributed by atoms with E-state index in [4.69, 9.17) is 14.6 Å². The molecule has 2 aliphatic heterocycles. The zero-order chi connectivity index (χ0) is 12.5. The highest BCUT2D eigenvalue weighted by Crippen LogP contribution is 2.30. The van der Waals surface area contributed by atoms with Gasteiger partial charge in [0.1, 0.15) is 5.60 Å². The molecule has 0 unspecified atom stereocenters. The van der Waals surface area contributed by atoms with Gasteiger partial charge in [0, 0.05) is 13.2 Å². The summed E-state index contributed by atoms with van der Waals surface area (Å²) in [4.78, 5) is 22.8. The van der Waals surface area contributed by atoms with Crippen LogP contribution in [0.25, 0.3) is 0 Å². The van der Waals surface area contributed by atoms with Crippen molar-refractivity contribution in [2.45, 2.75) is 31.4 Å². The summed E-state index contributed by atoms with van der Waals surface area (Å²) in [5.41, 5.74) is -0.785. The number of carbonyl (C=O) groups excluding carboxylic acids is 1. The Morgan fingerprint density at radius 1 is 1.59 bits per heavy atom. The van der Waals surface area contributed by atoms with E-state index >= 15 is 0 Å². The van der Waals surface area contributed by atoms with Crippen LogP contribution in [-0.2, 0) is 14.3 Å². The molecule has 6 heteroatoms. The Morgan fingerprint density at radius 3 is 2.76 bits per heavy atom. The molecule has 2 fully saturated rings. The van der Waals surface area contributed by atoms with Crippen LogP contribution in [0.3, 0.4) is 0 Å². The number of ether oxygens (including phenoxy) is 2. The highest BCUT2D eigenvalue weighted by atomic mass is 16.6. The maximum atomic E-state index is 12.1. The molecule has 2 heterocycles. The lowest BCUT2D eigenvalue weighted by atomic mass is 9.91. The van der Waals surface area contributed by atoms with Crippen molar-refractivity contribution in [1.82, 2.24) is 5.32 Å². The molecule has 2 rings (SSSR count). The first kappa shape index (κ1) is 12.3. The van der Waals surface area contributed by atoms with Crippen LogP contribution >= 0.6 is 0 Å². The number of amides is 1. The lowest BCUT2D eigenvalue weighted by Gasteiger charge is -2.20. The lowest BCUT2D eigenvalue weighted by Crippen LogP contribution is -2.46. The Bertz CT molecular complexity index is 320. The first-order valence-electron chi connectivity index (χ1n) is 5.77. The summed E-state index contributed by atoms with van der Waals surface area (Å²) in [6.45, 7) is 3.36. The van der Waals surface area contributed by atoms with Crippen LogP contribution in [0, 0.1) is 5.92 Å². The van der Waals surface area contributed by atoms with Gasteiger partial charge in [0.2, 0.25) is 0 Å². The molecule has 0 aromatic heterocycles. The third kappa shape index (κ3) is 2.95. The molecule has 1 amide bonds. The molecule has 96 valence electrons.